The van der Waals surface area contributed by atoms with Crippen LogP contribution in [0.15, 0.2) is 36.4 Å². The van der Waals surface area contributed by atoms with Crippen LogP contribution >= 0.6 is 0 Å². The zero-order valence-electron chi connectivity index (χ0n) is 14.1. The number of carbonyl (C=O) groups excluding carboxylic acids is 1. The Morgan fingerprint density at radius 1 is 1.21 bits per heavy atom. The molecule has 0 bridgehead atoms. The number of amides is 1. The summed E-state index contributed by atoms with van der Waals surface area (Å²) >= 11 is 0. The molecular weight excluding hydrogens is 305 g/mol. The SMILES string of the molecule is Cc1cc(C(=O)N2CCC(Cc3ccc(C)c(F)c3)C2)ccc1O. The van der Waals surface area contributed by atoms with E-state index in [1.807, 2.05) is 17.0 Å². The average molecular weight is 327 g/mol. The fourth-order valence-corrected chi connectivity index (χ4v) is 3.25. The fourth-order valence-electron chi connectivity index (χ4n) is 3.25. The van der Waals surface area contributed by atoms with Gasteiger partial charge in [0.25, 0.3) is 5.91 Å². The van der Waals surface area contributed by atoms with Crippen molar-refractivity contribution in [2.45, 2.75) is 26.7 Å². The highest BCUT2D eigenvalue weighted by Crippen LogP contribution is 2.25. The predicted octanol–water partition coefficient (Wildman–Crippen LogP) is 3.85. The van der Waals surface area contributed by atoms with E-state index in [-0.39, 0.29) is 17.5 Å². The minimum atomic E-state index is -0.169. The minimum absolute atomic E-state index is 0.00399. The Balaban J connectivity index is 1.65. The molecule has 1 N–H and O–H groups in total. The molecular formula is C20H22FNO2. The van der Waals surface area contributed by atoms with Gasteiger partial charge in [-0.15, -0.1) is 0 Å². The van der Waals surface area contributed by atoms with E-state index in [1.165, 1.54) is 0 Å². The van der Waals surface area contributed by atoms with Gasteiger partial charge in [0, 0.05) is 18.7 Å². The topological polar surface area (TPSA) is 40.5 Å². The third-order valence-electron chi connectivity index (χ3n) is 4.78. The number of rotatable bonds is 3. The second-order valence-electron chi connectivity index (χ2n) is 6.69. The molecule has 0 aromatic heterocycles. The Morgan fingerprint density at radius 2 is 2.00 bits per heavy atom. The summed E-state index contributed by atoms with van der Waals surface area (Å²) in [6, 6.07) is 10.3. The van der Waals surface area contributed by atoms with Gasteiger partial charge in [-0.1, -0.05) is 12.1 Å². The van der Waals surface area contributed by atoms with E-state index in [0.29, 0.717) is 29.2 Å². The lowest BCUT2D eigenvalue weighted by atomic mass is 9.98. The van der Waals surface area contributed by atoms with Crippen molar-refractivity contribution in [2.24, 2.45) is 5.92 Å². The maximum absolute atomic E-state index is 13.7. The van der Waals surface area contributed by atoms with Gasteiger partial charge in [0.05, 0.1) is 0 Å². The molecule has 126 valence electrons. The number of nitrogens with zero attached hydrogens (tertiary/aromatic N) is 1. The van der Waals surface area contributed by atoms with Gasteiger partial charge in [-0.05, 0) is 73.6 Å². The van der Waals surface area contributed by atoms with Crippen molar-refractivity contribution in [3.05, 3.63) is 64.5 Å². The number of likely N-dealkylation sites (tertiary alicyclic amines) is 1. The average Bonchev–Trinajstić information content (AvgIpc) is 3.01. The minimum Gasteiger partial charge on any atom is -0.508 e. The number of hydrogen-bond acceptors (Lipinski definition) is 2. The summed E-state index contributed by atoms with van der Waals surface area (Å²) in [5.74, 6) is 0.384. The van der Waals surface area contributed by atoms with E-state index in [4.69, 9.17) is 0 Å². The molecule has 1 aliphatic rings. The summed E-state index contributed by atoms with van der Waals surface area (Å²) in [5.41, 5.74) is 2.95. The standard InChI is InChI=1S/C20H22FNO2/c1-13-3-4-15(11-18(13)21)10-16-7-8-22(12-16)20(24)17-5-6-19(23)14(2)9-17/h3-6,9,11,16,23H,7-8,10,12H2,1-2H3. The van der Waals surface area contributed by atoms with Crippen molar-refractivity contribution >= 4 is 5.91 Å². The predicted molar refractivity (Wildman–Crippen MR) is 91.7 cm³/mol. The Morgan fingerprint density at radius 3 is 2.71 bits per heavy atom. The summed E-state index contributed by atoms with van der Waals surface area (Å²) in [6.45, 7) is 4.95. The number of carbonyl (C=O) groups is 1. The quantitative estimate of drug-likeness (QED) is 0.930. The highest BCUT2D eigenvalue weighted by atomic mass is 19.1. The van der Waals surface area contributed by atoms with Crippen molar-refractivity contribution < 1.29 is 14.3 Å². The lowest BCUT2D eigenvalue weighted by Crippen LogP contribution is -2.29. The van der Waals surface area contributed by atoms with Crippen LogP contribution in [0.5, 0.6) is 5.75 Å². The molecule has 1 unspecified atom stereocenters. The van der Waals surface area contributed by atoms with Crippen LogP contribution in [0.1, 0.15) is 33.5 Å². The zero-order valence-corrected chi connectivity index (χ0v) is 14.1. The second-order valence-corrected chi connectivity index (χ2v) is 6.69. The van der Waals surface area contributed by atoms with Crippen molar-refractivity contribution in [3.8, 4) is 5.75 Å². The molecule has 1 amide bonds. The molecule has 1 saturated heterocycles. The number of phenolic OH excluding ortho intramolecular Hbond substituents is 1. The van der Waals surface area contributed by atoms with Crippen LogP contribution in [0, 0.1) is 25.6 Å². The van der Waals surface area contributed by atoms with Gasteiger partial charge in [0.2, 0.25) is 0 Å². The van der Waals surface area contributed by atoms with E-state index >= 15 is 0 Å². The Hall–Kier alpha value is -2.36. The van der Waals surface area contributed by atoms with Crippen LogP contribution in [-0.4, -0.2) is 29.0 Å². The Labute approximate surface area is 141 Å². The molecule has 1 fully saturated rings. The molecule has 0 aliphatic carbocycles. The molecule has 0 spiro atoms. The molecule has 0 radical (unpaired) electrons. The molecule has 24 heavy (non-hydrogen) atoms. The van der Waals surface area contributed by atoms with Crippen LogP contribution in [-0.2, 0) is 6.42 Å². The first-order chi connectivity index (χ1) is 11.4. The van der Waals surface area contributed by atoms with Gasteiger partial charge < -0.3 is 10.0 Å². The summed E-state index contributed by atoms with van der Waals surface area (Å²) in [5, 5.41) is 9.58. The maximum atomic E-state index is 13.7. The summed E-state index contributed by atoms with van der Waals surface area (Å²) in [7, 11) is 0. The molecule has 2 aromatic carbocycles. The Kier molecular flexibility index (Phi) is 4.56. The first-order valence-corrected chi connectivity index (χ1v) is 8.28. The van der Waals surface area contributed by atoms with Crippen LogP contribution in [0.25, 0.3) is 0 Å². The first kappa shape index (κ1) is 16.5. The third kappa shape index (κ3) is 3.42. The number of halogens is 1. The molecule has 1 atom stereocenters. The van der Waals surface area contributed by atoms with Gasteiger partial charge in [-0.2, -0.15) is 0 Å². The molecule has 1 aliphatic heterocycles. The van der Waals surface area contributed by atoms with Crippen LogP contribution < -0.4 is 0 Å². The molecule has 2 aromatic rings. The van der Waals surface area contributed by atoms with Crippen molar-refractivity contribution in [2.75, 3.05) is 13.1 Å². The summed E-state index contributed by atoms with van der Waals surface area (Å²) in [6.07, 6.45) is 1.72. The van der Waals surface area contributed by atoms with Crippen LogP contribution in [0.3, 0.4) is 0 Å². The smallest absolute Gasteiger partial charge is 0.253 e. The van der Waals surface area contributed by atoms with E-state index in [9.17, 15) is 14.3 Å². The van der Waals surface area contributed by atoms with Crippen molar-refractivity contribution in [3.63, 3.8) is 0 Å². The number of phenols is 1. The largest absolute Gasteiger partial charge is 0.508 e. The Bertz CT molecular complexity index is 772. The molecule has 1 heterocycles. The monoisotopic (exact) mass is 327 g/mol. The maximum Gasteiger partial charge on any atom is 0.253 e. The first-order valence-electron chi connectivity index (χ1n) is 8.28. The van der Waals surface area contributed by atoms with Crippen LogP contribution in [0.2, 0.25) is 0 Å². The number of benzene rings is 2. The van der Waals surface area contributed by atoms with Gasteiger partial charge in [0.1, 0.15) is 11.6 Å². The van der Waals surface area contributed by atoms with Gasteiger partial charge in [-0.3, -0.25) is 4.79 Å². The van der Waals surface area contributed by atoms with Crippen LogP contribution in [0.4, 0.5) is 4.39 Å². The normalized spacial score (nSPS) is 17.3. The molecule has 4 heteroatoms. The fraction of sp³-hybridized carbons (Fsp3) is 0.350. The van der Waals surface area contributed by atoms with E-state index in [2.05, 4.69) is 0 Å². The lowest BCUT2D eigenvalue weighted by Gasteiger charge is -2.17. The number of aryl methyl sites for hydroxylation is 2. The zero-order chi connectivity index (χ0) is 17.3. The van der Waals surface area contributed by atoms with Crippen molar-refractivity contribution in [1.29, 1.82) is 0 Å². The number of hydrogen-bond donors (Lipinski definition) is 1. The van der Waals surface area contributed by atoms with E-state index in [1.54, 1.807) is 38.1 Å². The summed E-state index contributed by atoms with van der Waals surface area (Å²) in [4.78, 5) is 14.4. The molecule has 0 saturated carbocycles. The van der Waals surface area contributed by atoms with Gasteiger partial charge in [-0.25, -0.2) is 4.39 Å². The van der Waals surface area contributed by atoms with Crippen molar-refractivity contribution in [1.82, 2.24) is 4.90 Å². The summed E-state index contributed by atoms with van der Waals surface area (Å²) < 4.78 is 13.7. The van der Waals surface area contributed by atoms with Gasteiger partial charge >= 0.3 is 0 Å². The highest BCUT2D eigenvalue weighted by Gasteiger charge is 2.27. The van der Waals surface area contributed by atoms with Gasteiger partial charge in [0.15, 0.2) is 0 Å². The third-order valence-corrected chi connectivity index (χ3v) is 4.78. The molecule has 3 rings (SSSR count). The number of aromatic hydroxyl groups is 1. The van der Waals surface area contributed by atoms with E-state index < -0.39 is 0 Å². The highest BCUT2D eigenvalue weighted by molar-refractivity contribution is 5.94. The second kappa shape index (κ2) is 6.63. The lowest BCUT2D eigenvalue weighted by molar-refractivity contribution is 0.0787. The van der Waals surface area contributed by atoms with E-state index in [0.717, 1.165) is 24.9 Å². The molecule has 3 nitrogen and oxygen atoms in total.